The van der Waals surface area contributed by atoms with E-state index in [9.17, 15) is 0 Å². The predicted octanol–water partition coefficient (Wildman–Crippen LogP) is -4.05. The van der Waals surface area contributed by atoms with Gasteiger partial charge >= 0.3 is 138 Å². The van der Waals surface area contributed by atoms with Crippen molar-refractivity contribution in [2.45, 2.75) is 0 Å². The Bertz CT molecular complexity index is 13.6. The van der Waals surface area contributed by atoms with Crippen molar-refractivity contribution in [3.05, 3.63) is 0 Å². The molecule has 0 aromatic carbocycles. The minimum atomic E-state index is 0. The van der Waals surface area contributed by atoms with Crippen LogP contribution >= 0.6 is 29.5 Å². The largest absolute Gasteiger partial charge is 1.00 e. The van der Waals surface area contributed by atoms with Crippen LogP contribution in [0.5, 0.6) is 0 Å². The van der Waals surface area contributed by atoms with E-state index in [1.165, 1.54) is 29.5 Å². The molecular weight excluding hydrogens is 426 g/mol. The average Bonchev–Trinajstić information content (AvgIpc) is 1.41. The first kappa shape index (κ1) is 18.6. The molecule has 0 radical (unpaired) electrons. The zero-order chi connectivity index (χ0) is 4.12. The van der Waals surface area contributed by atoms with Crippen LogP contribution in [0.15, 0.2) is 0 Å². The molecule has 0 spiro atoms. The average molecular weight is 426 g/mol. The van der Waals surface area contributed by atoms with Crippen molar-refractivity contribution in [3.63, 3.8) is 0 Å². The molecular formula is Cs2S5. The summed E-state index contributed by atoms with van der Waals surface area (Å²) in [6.45, 7) is 0. The van der Waals surface area contributed by atoms with Gasteiger partial charge in [0.25, 0.3) is 0 Å². The predicted molar refractivity (Wildman–Crippen MR) is 37.5 cm³/mol. The third kappa shape index (κ3) is 18.7. The van der Waals surface area contributed by atoms with E-state index in [1.807, 2.05) is 0 Å². The monoisotopic (exact) mass is 426 g/mol. The molecule has 0 aliphatic rings. The molecule has 0 amide bonds. The third-order valence-corrected chi connectivity index (χ3v) is 4.50. The van der Waals surface area contributed by atoms with Gasteiger partial charge in [0.1, 0.15) is 0 Å². The Kier molecular flexibility index (Phi) is 47.3. The molecule has 0 N–H and O–H groups in total. The summed E-state index contributed by atoms with van der Waals surface area (Å²) in [5.74, 6) is 0. The van der Waals surface area contributed by atoms with E-state index < -0.39 is 0 Å². The van der Waals surface area contributed by atoms with Crippen LogP contribution < -0.4 is 138 Å². The summed E-state index contributed by atoms with van der Waals surface area (Å²) in [5.41, 5.74) is 0. The molecule has 0 atom stereocenters. The van der Waals surface area contributed by atoms with Crippen LogP contribution in [0.25, 0.3) is 0 Å². The van der Waals surface area contributed by atoms with Crippen molar-refractivity contribution in [1.82, 2.24) is 0 Å². The normalized spacial score (nSPS) is 6.00. The first-order chi connectivity index (χ1) is 2.41. The van der Waals surface area contributed by atoms with Gasteiger partial charge in [-0.05, 0) is 0 Å². The number of hydrogen-bond donors (Lipinski definition) is 0. The molecule has 7 heavy (non-hydrogen) atoms. The standard InChI is InChI=1S/2Cs.H2S5/c;;1-3-5-4-2/h;;1-2H/q2*+1;/p-2. The molecule has 0 bridgehead atoms. The van der Waals surface area contributed by atoms with Crippen molar-refractivity contribution in [1.29, 1.82) is 0 Å². The van der Waals surface area contributed by atoms with E-state index >= 15 is 0 Å². The molecule has 0 rings (SSSR count). The molecule has 0 heterocycles. The van der Waals surface area contributed by atoms with Gasteiger partial charge in [-0.2, -0.15) is 0 Å². The molecule has 7 heteroatoms. The maximum absolute atomic E-state index is 4.44. The molecule has 0 aliphatic heterocycles. The van der Waals surface area contributed by atoms with E-state index in [0.717, 1.165) is 0 Å². The van der Waals surface area contributed by atoms with E-state index in [-0.39, 0.29) is 138 Å². The first-order valence-electron chi connectivity index (χ1n) is 0.667. The number of rotatable bonds is 2. The van der Waals surface area contributed by atoms with E-state index in [2.05, 4.69) is 23.3 Å². The Morgan fingerprint density at radius 2 is 1.14 bits per heavy atom. The van der Waals surface area contributed by atoms with Gasteiger partial charge in [-0.1, -0.05) is 9.83 Å². The SMILES string of the molecule is [Cs+].[Cs+].[S-]SSS[S-]. The second-order valence-electron chi connectivity index (χ2n) is 0.204. The summed E-state index contributed by atoms with van der Waals surface area (Å²) in [6, 6.07) is 0. The first-order valence-corrected chi connectivity index (χ1v) is 6.00. The van der Waals surface area contributed by atoms with Crippen molar-refractivity contribution in [2.75, 3.05) is 0 Å². The third-order valence-electron chi connectivity index (χ3n) is 0.0556. The van der Waals surface area contributed by atoms with Crippen LogP contribution in [0.4, 0.5) is 0 Å². The molecule has 0 aromatic rings. The fourth-order valence-corrected chi connectivity index (χ4v) is 2.76. The van der Waals surface area contributed by atoms with Crippen LogP contribution in [0, 0.1) is 0 Å². The van der Waals surface area contributed by atoms with Gasteiger partial charge in [0.05, 0.1) is 0 Å². The van der Waals surface area contributed by atoms with Crippen molar-refractivity contribution in [2.24, 2.45) is 0 Å². The van der Waals surface area contributed by atoms with Crippen LogP contribution in [-0.4, -0.2) is 0 Å². The maximum atomic E-state index is 4.44. The van der Waals surface area contributed by atoms with Crippen LogP contribution in [0.1, 0.15) is 0 Å². The summed E-state index contributed by atoms with van der Waals surface area (Å²) in [6.07, 6.45) is 0. The molecule has 0 aliphatic carbocycles. The molecule has 32 valence electrons. The second-order valence-corrected chi connectivity index (χ2v) is 5.51. The smallest absolute Gasteiger partial charge is 0.706 e. The maximum Gasteiger partial charge on any atom is 1.00 e. The number of hydrogen-bond acceptors (Lipinski definition) is 5. The summed E-state index contributed by atoms with van der Waals surface area (Å²) in [5, 5.41) is 0. The van der Waals surface area contributed by atoms with Crippen LogP contribution in [0.2, 0.25) is 0 Å². The Balaban J connectivity index is -0.0000000800. The van der Waals surface area contributed by atoms with Gasteiger partial charge in [0.15, 0.2) is 0 Å². The molecule has 0 saturated carbocycles. The summed E-state index contributed by atoms with van der Waals surface area (Å²) < 4.78 is 0. The van der Waals surface area contributed by atoms with E-state index in [4.69, 9.17) is 0 Å². The minimum absolute atomic E-state index is 0. The Hall–Kier alpha value is 5.85. The van der Waals surface area contributed by atoms with E-state index in [1.54, 1.807) is 0 Å². The van der Waals surface area contributed by atoms with Gasteiger partial charge in [0, 0.05) is 0 Å². The van der Waals surface area contributed by atoms with Gasteiger partial charge < -0.3 is 23.3 Å². The zero-order valence-electron chi connectivity index (χ0n) is 4.04. The van der Waals surface area contributed by atoms with Gasteiger partial charge in [-0.15, -0.1) is 0 Å². The summed E-state index contributed by atoms with van der Waals surface area (Å²) in [4.78, 5) is 0. The molecule has 0 saturated heterocycles. The molecule has 0 unspecified atom stereocenters. The Labute approximate surface area is 183 Å². The Morgan fingerprint density at radius 3 is 1.14 bits per heavy atom. The van der Waals surface area contributed by atoms with Crippen molar-refractivity contribution >= 4 is 52.8 Å². The quantitative estimate of drug-likeness (QED) is 0.325. The van der Waals surface area contributed by atoms with Gasteiger partial charge in [-0.25, -0.2) is 0 Å². The fraction of sp³-hybridized carbons (Fsp3) is 0. The van der Waals surface area contributed by atoms with Gasteiger partial charge in [0.2, 0.25) is 0 Å². The summed E-state index contributed by atoms with van der Waals surface area (Å²) >= 11 is 8.89. The van der Waals surface area contributed by atoms with Crippen LogP contribution in [-0.2, 0) is 23.3 Å². The second kappa shape index (κ2) is 17.8. The van der Waals surface area contributed by atoms with Gasteiger partial charge in [-0.3, -0.25) is 19.7 Å². The van der Waals surface area contributed by atoms with E-state index in [0.29, 0.717) is 0 Å². The Morgan fingerprint density at radius 1 is 0.857 bits per heavy atom. The van der Waals surface area contributed by atoms with Crippen LogP contribution in [0.3, 0.4) is 0 Å². The summed E-state index contributed by atoms with van der Waals surface area (Å²) in [7, 11) is 3.95. The fourth-order valence-electron chi connectivity index (χ4n) is 0.0113. The zero-order valence-corrected chi connectivity index (χ0v) is 20.7. The molecule has 0 aromatic heterocycles. The minimum Gasteiger partial charge on any atom is -0.706 e. The topological polar surface area (TPSA) is 0 Å². The molecule has 0 nitrogen and oxygen atoms in total. The van der Waals surface area contributed by atoms with Crippen molar-refractivity contribution < 1.29 is 138 Å². The molecule has 0 fully saturated rings. The van der Waals surface area contributed by atoms with Crippen molar-refractivity contribution in [3.8, 4) is 0 Å².